The van der Waals surface area contributed by atoms with Crippen molar-refractivity contribution in [2.45, 2.75) is 63.6 Å². The van der Waals surface area contributed by atoms with E-state index < -0.39 is 30.7 Å². The number of hydrogen-bond acceptors (Lipinski definition) is 7. The van der Waals surface area contributed by atoms with Gasteiger partial charge >= 0.3 is 0 Å². The van der Waals surface area contributed by atoms with Gasteiger partial charge in [0, 0.05) is 6.61 Å². The first-order chi connectivity index (χ1) is 21.8. The average Bonchev–Trinajstić information content (AvgIpc) is 3.08. The highest BCUT2D eigenvalue weighted by molar-refractivity contribution is 5.16. The summed E-state index contributed by atoms with van der Waals surface area (Å²) in [6.07, 6.45) is -2.45. The van der Waals surface area contributed by atoms with Crippen LogP contribution in [0, 0.1) is 0 Å². The van der Waals surface area contributed by atoms with Gasteiger partial charge in [0.05, 0.1) is 39.6 Å². The van der Waals surface area contributed by atoms with Crippen molar-refractivity contribution in [3.63, 3.8) is 0 Å². The Labute approximate surface area is 260 Å². The second-order valence-electron chi connectivity index (χ2n) is 10.8. The summed E-state index contributed by atoms with van der Waals surface area (Å²) in [6, 6.07) is 40.1. The van der Waals surface area contributed by atoms with E-state index in [2.05, 4.69) is 0 Å². The van der Waals surface area contributed by atoms with Gasteiger partial charge in [-0.2, -0.15) is 0 Å². The van der Waals surface area contributed by atoms with Gasteiger partial charge in [0.1, 0.15) is 24.4 Å². The maximum Gasteiger partial charge on any atom is 0.186 e. The Morgan fingerprint density at radius 3 is 1.41 bits per heavy atom. The van der Waals surface area contributed by atoms with Crippen molar-refractivity contribution < 1.29 is 33.5 Å². The molecule has 7 nitrogen and oxygen atoms in total. The Bertz CT molecular complexity index is 1310. The molecule has 0 aliphatic carbocycles. The van der Waals surface area contributed by atoms with Crippen molar-refractivity contribution >= 4 is 0 Å². The Hall–Kier alpha value is -3.40. The first kappa shape index (κ1) is 32.0. The van der Waals surface area contributed by atoms with Crippen LogP contribution in [0.3, 0.4) is 0 Å². The molecular weight excluding hydrogens is 556 g/mol. The second kappa shape index (κ2) is 17.8. The molecular formula is C37H42O7. The van der Waals surface area contributed by atoms with Crippen molar-refractivity contribution in [1.29, 1.82) is 0 Å². The van der Waals surface area contributed by atoms with E-state index in [1.54, 1.807) is 0 Å². The van der Waals surface area contributed by atoms with Crippen LogP contribution in [0.5, 0.6) is 0 Å². The van der Waals surface area contributed by atoms with E-state index in [1.807, 2.05) is 121 Å². The van der Waals surface area contributed by atoms with E-state index in [4.69, 9.17) is 28.4 Å². The fourth-order valence-electron chi connectivity index (χ4n) is 5.15. The highest BCUT2D eigenvalue weighted by Gasteiger charge is 2.49. The Kier molecular flexibility index (Phi) is 12.9. The van der Waals surface area contributed by atoms with Gasteiger partial charge in [0.2, 0.25) is 0 Å². The molecule has 0 amide bonds. The third kappa shape index (κ3) is 9.81. The quantitative estimate of drug-likeness (QED) is 0.148. The van der Waals surface area contributed by atoms with E-state index >= 15 is 0 Å². The molecule has 232 valence electrons. The van der Waals surface area contributed by atoms with E-state index in [0.717, 1.165) is 22.3 Å². The maximum absolute atomic E-state index is 9.46. The predicted molar refractivity (Wildman–Crippen MR) is 167 cm³/mol. The zero-order valence-corrected chi connectivity index (χ0v) is 25.0. The largest absolute Gasteiger partial charge is 0.396 e. The van der Waals surface area contributed by atoms with Gasteiger partial charge in [-0.05, 0) is 28.7 Å². The number of hydrogen-bond donors (Lipinski definition) is 1. The summed E-state index contributed by atoms with van der Waals surface area (Å²) in [5.41, 5.74) is 4.18. The summed E-state index contributed by atoms with van der Waals surface area (Å²) in [5, 5.41) is 9.46. The van der Waals surface area contributed by atoms with Crippen LogP contribution in [-0.2, 0) is 54.8 Å². The van der Waals surface area contributed by atoms with Crippen molar-refractivity contribution in [3.05, 3.63) is 144 Å². The summed E-state index contributed by atoms with van der Waals surface area (Å²) in [4.78, 5) is 0. The zero-order chi connectivity index (χ0) is 30.2. The molecule has 0 aromatic heterocycles. The van der Waals surface area contributed by atoms with Crippen molar-refractivity contribution in [2.75, 3.05) is 19.8 Å². The normalized spacial score (nSPS) is 21.7. The summed E-state index contributed by atoms with van der Waals surface area (Å²) >= 11 is 0. The van der Waals surface area contributed by atoms with Gasteiger partial charge in [-0.1, -0.05) is 121 Å². The third-order valence-corrected chi connectivity index (χ3v) is 7.43. The molecule has 0 bridgehead atoms. The van der Waals surface area contributed by atoms with Crippen LogP contribution in [0.25, 0.3) is 0 Å². The molecule has 1 saturated heterocycles. The molecule has 1 heterocycles. The van der Waals surface area contributed by atoms with Gasteiger partial charge in [-0.15, -0.1) is 0 Å². The number of aliphatic hydroxyl groups is 1. The second-order valence-corrected chi connectivity index (χ2v) is 10.8. The lowest BCUT2D eigenvalue weighted by molar-refractivity contribution is -0.328. The standard InChI is InChI=1S/C37H42O7/c38-22-13-23-40-37-36(43-27-32-20-11-4-12-21-32)35(42-26-31-18-9-3-10-19-31)34(41-25-30-16-7-2-8-17-30)33(44-37)28-39-24-29-14-5-1-6-15-29/h1-12,14-21,33-38H,13,22-28H2. The average molecular weight is 599 g/mol. The Morgan fingerprint density at radius 1 is 0.500 bits per heavy atom. The van der Waals surface area contributed by atoms with Gasteiger partial charge in [-0.25, -0.2) is 0 Å². The van der Waals surface area contributed by atoms with Crippen molar-refractivity contribution in [2.24, 2.45) is 0 Å². The minimum absolute atomic E-state index is 0.0165. The topological polar surface area (TPSA) is 75.6 Å². The fraction of sp³-hybridized carbons (Fsp3) is 0.351. The van der Waals surface area contributed by atoms with Gasteiger partial charge < -0.3 is 33.5 Å². The molecule has 1 N–H and O–H groups in total. The highest BCUT2D eigenvalue weighted by Crippen LogP contribution is 2.31. The van der Waals surface area contributed by atoms with E-state index in [1.165, 1.54) is 0 Å². The highest BCUT2D eigenvalue weighted by atomic mass is 16.7. The van der Waals surface area contributed by atoms with Crippen LogP contribution in [0.4, 0.5) is 0 Å². The molecule has 0 radical (unpaired) electrons. The lowest BCUT2D eigenvalue weighted by Gasteiger charge is -2.46. The molecule has 4 aromatic rings. The van der Waals surface area contributed by atoms with Crippen LogP contribution in [-0.4, -0.2) is 55.6 Å². The minimum Gasteiger partial charge on any atom is -0.396 e. The first-order valence-corrected chi connectivity index (χ1v) is 15.3. The monoisotopic (exact) mass is 598 g/mol. The lowest BCUT2D eigenvalue weighted by atomic mass is 9.97. The van der Waals surface area contributed by atoms with Crippen molar-refractivity contribution in [3.8, 4) is 0 Å². The van der Waals surface area contributed by atoms with E-state index in [9.17, 15) is 5.11 Å². The molecule has 5 rings (SSSR count). The lowest BCUT2D eigenvalue weighted by Crippen LogP contribution is -2.61. The summed E-state index contributed by atoms with van der Waals surface area (Å²) in [6.45, 7) is 2.12. The SMILES string of the molecule is OCCCOC1OC(COCc2ccccc2)C(OCc2ccccc2)C(OCc2ccccc2)C1OCc1ccccc1. The number of rotatable bonds is 17. The maximum atomic E-state index is 9.46. The fourth-order valence-corrected chi connectivity index (χ4v) is 5.15. The molecule has 5 atom stereocenters. The molecule has 1 aliphatic rings. The smallest absolute Gasteiger partial charge is 0.186 e. The molecule has 7 heteroatoms. The van der Waals surface area contributed by atoms with Crippen LogP contribution < -0.4 is 0 Å². The van der Waals surface area contributed by atoms with Crippen LogP contribution >= 0.6 is 0 Å². The Morgan fingerprint density at radius 2 is 0.932 bits per heavy atom. The third-order valence-electron chi connectivity index (χ3n) is 7.43. The number of ether oxygens (including phenoxy) is 6. The van der Waals surface area contributed by atoms with E-state index in [0.29, 0.717) is 39.5 Å². The van der Waals surface area contributed by atoms with Crippen LogP contribution in [0.1, 0.15) is 28.7 Å². The Balaban J connectivity index is 1.41. The summed E-state index contributed by atoms with van der Waals surface area (Å²) in [5.74, 6) is 0. The van der Waals surface area contributed by atoms with Gasteiger partial charge in [0.25, 0.3) is 0 Å². The van der Waals surface area contributed by atoms with Gasteiger partial charge in [-0.3, -0.25) is 0 Å². The summed E-state index contributed by atoms with van der Waals surface area (Å²) < 4.78 is 38.9. The predicted octanol–water partition coefficient (Wildman–Crippen LogP) is 6.08. The van der Waals surface area contributed by atoms with E-state index in [-0.39, 0.29) is 13.2 Å². The first-order valence-electron chi connectivity index (χ1n) is 15.3. The molecule has 0 saturated carbocycles. The van der Waals surface area contributed by atoms with Crippen LogP contribution in [0.2, 0.25) is 0 Å². The van der Waals surface area contributed by atoms with Crippen LogP contribution in [0.15, 0.2) is 121 Å². The molecule has 44 heavy (non-hydrogen) atoms. The number of benzene rings is 4. The minimum atomic E-state index is -0.757. The van der Waals surface area contributed by atoms with Gasteiger partial charge in [0.15, 0.2) is 6.29 Å². The molecule has 0 spiro atoms. The number of aliphatic hydroxyl groups excluding tert-OH is 1. The molecule has 1 aliphatic heterocycles. The van der Waals surface area contributed by atoms with Crippen molar-refractivity contribution in [1.82, 2.24) is 0 Å². The molecule has 5 unspecified atom stereocenters. The zero-order valence-electron chi connectivity index (χ0n) is 25.0. The summed E-state index contributed by atoms with van der Waals surface area (Å²) in [7, 11) is 0. The molecule has 1 fully saturated rings. The molecule has 4 aromatic carbocycles.